The molecule has 19 heavy (non-hydrogen) atoms. The van der Waals surface area contributed by atoms with Crippen LogP contribution in [0, 0.1) is 0 Å². The van der Waals surface area contributed by atoms with Crippen molar-refractivity contribution in [1.29, 1.82) is 0 Å². The monoisotopic (exact) mass is 299 g/mol. The van der Waals surface area contributed by atoms with Gasteiger partial charge in [0.1, 0.15) is 0 Å². The van der Waals surface area contributed by atoms with Crippen molar-refractivity contribution in [2.75, 3.05) is 0 Å². The number of aryl methyl sites for hydroxylation is 1. The summed E-state index contributed by atoms with van der Waals surface area (Å²) in [6, 6.07) is 5.65. The Labute approximate surface area is 115 Å². The number of rotatable bonds is 3. The van der Waals surface area contributed by atoms with Crippen LogP contribution in [-0.2, 0) is 17.1 Å². The number of carbonyl (C=O) groups is 1. The zero-order valence-corrected chi connectivity index (χ0v) is 11.4. The molecule has 8 heteroatoms. The van der Waals surface area contributed by atoms with Gasteiger partial charge < -0.3 is 0 Å². The number of amides is 1. The Morgan fingerprint density at radius 2 is 2.16 bits per heavy atom. The Balaban J connectivity index is 2.25. The van der Waals surface area contributed by atoms with Crippen LogP contribution in [0.25, 0.3) is 0 Å². The zero-order chi connectivity index (χ0) is 14.0. The van der Waals surface area contributed by atoms with Crippen LogP contribution in [0.3, 0.4) is 0 Å². The molecule has 0 radical (unpaired) electrons. The summed E-state index contributed by atoms with van der Waals surface area (Å²) in [5, 5.41) is 4.07. The normalized spacial score (nSPS) is 11.3. The van der Waals surface area contributed by atoms with Crippen LogP contribution in [0.15, 0.2) is 41.6 Å². The highest BCUT2D eigenvalue weighted by Crippen LogP contribution is 2.15. The lowest BCUT2D eigenvalue weighted by atomic mass is 10.4. The second-order valence-electron chi connectivity index (χ2n) is 3.79. The second-order valence-corrected chi connectivity index (χ2v) is 5.91. The summed E-state index contributed by atoms with van der Waals surface area (Å²) in [5.74, 6) is -0.743. The maximum Gasteiger partial charge on any atom is 0.268 e. The minimum Gasteiger partial charge on any atom is -0.275 e. The molecule has 2 aromatic rings. The summed E-state index contributed by atoms with van der Waals surface area (Å²) >= 11 is 5.72. The molecule has 6 nitrogen and oxygen atoms in total. The summed E-state index contributed by atoms with van der Waals surface area (Å²) in [4.78, 5) is 11.7. The van der Waals surface area contributed by atoms with Crippen LogP contribution in [0.5, 0.6) is 0 Å². The highest BCUT2D eigenvalue weighted by Gasteiger charge is 2.19. The largest absolute Gasteiger partial charge is 0.275 e. The number of nitrogens with zero attached hydrogens (tertiary/aromatic N) is 2. The lowest BCUT2D eigenvalue weighted by Crippen LogP contribution is -2.30. The fraction of sp³-hybridized carbons (Fsp3) is 0.0909. The van der Waals surface area contributed by atoms with Crippen molar-refractivity contribution in [3.8, 4) is 0 Å². The van der Waals surface area contributed by atoms with E-state index in [1.54, 1.807) is 13.1 Å². The van der Waals surface area contributed by atoms with Gasteiger partial charge >= 0.3 is 0 Å². The van der Waals surface area contributed by atoms with E-state index in [9.17, 15) is 13.2 Å². The lowest BCUT2D eigenvalue weighted by molar-refractivity contribution is 0.0981. The predicted molar refractivity (Wildman–Crippen MR) is 69.3 cm³/mol. The number of carbonyl (C=O) groups excluding carboxylic acids is 1. The van der Waals surface area contributed by atoms with Gasteiger partial charge in [-0.2, -0.15) is 5.10 Å². The van der Waals surface area contributed by atoms with Crippen molar-refractivity contribution in [1.82, 2.24) is 14.5 Å². The zero-order valence-electron chi connectivity index (χ0n) is 9.87. The Morgan fingerprint density at radius 1 is 1.42 bits per heavy atom. The van der Waals surface area contributed by atoms with E-state index in [2.05, 4.69) is 5.10 Å². The molecule has 1 aromatic heterocycles. The molecule has 2 rings (SSSR count). The molecule has 0 atom stereocenters. The standard InChI is InChI=1S/C11H10ClN3O3S/c1-15-7-8(6-13-15)11(16)14-19(17,18)10-4-2-3-9(12)5-10/h2-7H,1H3,(H,14,16). The first-order valence-corrected chi connectivity index (χ1v) is 7.06. The topological polar surface area (TPSA) is 81.1 Å². The van der Waals surface area contributed by atoms with Gasteiger partial charge in [-0.05, 0) is 18.2 Å². The van der Waals surface area contributed by atoms with E-state index >= 15 is 0 Å². The SMILES string of the molecule is Cn1cc(C(=O)NS(=O)(=O)c2cccc(Cl)c2)cn1. The highest BCUT2D eigenvalue weighted by atomic mass is 35.5. The molecule has 0 saturated heterocycles. The average Bonchev–Trinajstić information content (AvgIpc) is 2.75. The number of benzene rings is 1. The van der Waals surface area contributed by atoms with Crippen LogP contribution in [0.1, 0.15) is 10.4 Å². The summed E-state index contributed by atoms with van der Waals surface area (Å²) in [6.45, 7) is 0. The van der Waals surface area contributed by atoms with Gasteiger partial charge in [0.05, 0.1) is 16.7 Å². The van der Waals surface area contributed by atoms with Crippen LogP contribution < -0.4 is 4.72 Å². The van der Waals surface area contributed by atoms with Crippen LogP contribution >= 0.6 is 11.6 Å². The third-order valence-corrected chi connectivity index (χ3v) is 3.86. The molecule has 1 amide bonds. The molecule has 1 aromatic carbocycles. The van der Waals surface area contributed by atoms with E-state index in [-0.39, 0.29) is 15.5 Å². The molecule has 0 spiro atoms. The maximum atomic E-state index is 12.0. The van der Waals surface area contributed by atoms with Gasteiger partial charge in [0, 0.05) is 18.3 Å². The van der Waals surface area contributed by atoms with Crippen molar-refractivity contribution < 1.29 is 13.2 Å². The smallest absolute Gasteiger partial charge is 0.268 e. The van der Waals surface area contributed by atoms with Crippen LogP contribution in [0.4, 0.5) is 0 Å². The highest BCUT2D eigenvalue weighted by molar-refractivity contribution is 7.90. The van der Waals surface area contributed by atoms with Gasteiger partial charge in [0.2, 0.25) is 0 Å². The first-order valence-electron chi connectivity index (χ1n) is 5.20. The minimum absolute atomic E-state index is 0.0720. The lowest BCUT2D eigenvalue weighted by Gasteiger charge is -2.05. The van der Waals surface area contributed by atoms with E-state index in [0.29, 0.717) is 0 Å². The van der Waals surface area contributed by atoms with Gasteiger partial charge in [-0.15, -0.1) is 0 Å². The fourth-order valence-corrected chi connectivity index (χ4v) is 2.69. The molecular weight excluding hydrogens is 290 g/mol. The maximum absolute atomic E-state index is 12.0. The van der Waals surface area contributed by atoms with E-state index in [0.717, 1.165) is 0 Å². The molecule has 100 valence electrons. The Kier molecular flexibility index (Phi) is 3.59. The molecule has 0 aliphatic heterocycles. The molecule has 0 aliphatic carbocycles. The number of hydrogen-bond donors (Lipinski definition) is 1. The van der Waals surface area contributed by atoms with E-state index in [1.807, 2.05) is 4.72 Å². The van der Waals surface area contributed by atoms with Crippen molar-refractivity contribution in [3.05, 3.63) is 47.2 Å². The van der Waals surface area contributed by atoms with Gasteiger partial charge in [-0.25, -0.2) is 13.1 Å². The average molecular weight is 300 g/mol. The van der Waals surface area contributed by atoms with Gasteiger partial charge in [-0.1, -0.05) is 17.7 Å². The molecule has 1 N–H and O–H groups in total. The summed E-state index contributed by atoms with van der Waals surface area (Å²) < 4.78 is 27.3. The first kappa shape index (κ1) is 13.6. The Morgan fingerprint density at radius 3 is 2.74 bits per heavy atom. The predicted octanol–water partition coefficient (Wildman–Crippen LogP) is 1.19. The van der Waals surface area contributed by atoms with Gasteiger partial charge in [0.15, 0.2) is 0 Å². The van der Waals surface area contributed by atoms with Crippen molar-refractivity contribution in [3.63, 3.8) is 0 Å². The summed E-state index contributed by atoms with van der Waals surface area (Å²) in [5.41, 5.74) is 0.160. The van der Waals surface area contributed by atoms with Crippen molar-refractivity contribution in [2.24, 2.45) is 7.05 Å². The number of nitrogens with one attached hydrogen (secondary N) is 1. The van der Waals surface area contributed by atoms with Crippen LogP contribution in [0.2, 0.25) is 5.02 Å². The van der Waals surface area contributed by atoms with Crippen molar-refractivity contribution in [2.45, 2.75) is 4.90 Å². The number of halogens is 1. The second kappa shape index (κ2) is 5.02. The first-order chi connectivity index (χ1) is 8.88. The molecule has 1 heterocycles. The molecular formula is C11H10ClN3O3S. The van der Waals surface area contributed by atoms with E-state index in [4.69, 9.17) is 11.6 Å². The number of hydrogen-bond acceptors (Lipinski definition) is 4. The van der Waals surface area contributed by atoms with E-state index < -0.39 is 15.9 Å². The summed E-state index contributed by atoms with van der Waals surface area (Å²) in [6.07, 6.45) is 2.70. The number of sulfonamides is 1. The Bertz CT molecular complexity index is 724. The minimum atomic E-state index is -3.94. The molecule has 0 unspecified atom stereocenters. The van der Waals surface area contributed by atoms with Crippen LogP contribution in [-0.4, -0.2) is 24.1 Å². The van der Waals surface area contributed by atoms with Crippen molar-refractivity contribution >= 4 is 27.5 Å². The molecule has 0 aliphatic rings. The molecule has 0 fully saturated rings. The molecule has 0 bridgehead atoms. The fourth-order valence-electron chi connectivity index (χ4n) is 1.41. The molecule has 0 saturated carbocycles. The number of aromatic nitrogens is 2. The third-order valence-electron chi connectivity index (χ3n) is 2.30. The van der Waals surface area contributed by atoms with Gasteiger partial charge in [0.25, 0.3) is 15.9 Å². The quantitative estimate of drug-likeness (QED) is 0.923. The summed E-state index contributed by atoms with van der Waals surface area (Å²) in [7, 11) is -2.31. The van der Waals surface area contributed by atoms with E-state index in [1.165, 1.54) is 35.3 Å². The third kappa shape index (κ3) is 3.12. The van der Waals surface area contributed by atoms with Gasteiger partial charge in [-0.3, -0.25) is 9.48 Å². The Hall–Kier alpha value is -1.86.